The van der Waals surface area contributed by atoms with Crippen LogP contribution in [-0.4, -0.2) is 0 Å². The predicted octanol–water partition coefficient (Wildman–Crippen LogP) is 7.16. The zero-order chi connectivity index (χ0) is 21.2. The standard InChI is InChI=1S/C28H30N2/c1-18-12-7-9-16-23(18)29-21(4)26-28(5,6)22-15-8-10-17-24(22)30(26)27(29)25-19(2)13-11-14-20(25)3/h7-17,27H,1-6H3. The highest BCUT2D eigenvalue weighted by Gasteiger charge is 2.51. The first-order valence-electron chi connectivity index (χ1n) is 10.8. The average molecular weight is 395 g/mol. The summed E-state index contributed by atoms with van der Waals surface area (Å²) in [6.45, 7) is 13.8. The Morgan fingerprint density at radius 3 is 1.87 bits per heavy atom. The quantitative estimate of drug-likeness (QED) is 0.455. The third kappa shape index (κ3) is 2.43. The zero-order valence-corrected chi connectivity index (χ0v) is 18.8. The van der Waals surface area contributed by atoms with Crippen LogP contribution in [0, 0.1) is 20.8 Å². The van der Waals surface area contributed by atoms with Crippen molar-refractivity contribution in [2.45, 2.75) is 53.1 Å². The average Bonchev–Trinajstić information content (AvgIpc) is 3.14. The molecule has 0 spiro atoms. The molecule has 2 heteroatoms. The normalized spacial score (nSPS) is 19.3. The first-order valence-corrected chi connectivity index (χ1v) is 10.8. The second-order valence-electron chi connectivity index (χ2n) is 9.28. The highest BCUT2D eigenvalue weighted by Crippen LogP contribution is 2.58. The molecule has 0 amide bonds. The Morgan fingerprint density at radius 2 is 1.20 bits per heavy atom. The van der Waals surface area contributed by atoms with Gasteiger partial charge in [0.05, 0.1) is 0 Å². The van der Waals surface area contributed by atoms with E-state index in [4.69, 9.17) is 0 Å². The van der Waals surface area contributed by atoms with E-state index < -0.39 is 0 Å². The minimum Gasteiger partial charge on any atom is -0.318 e. The van der Waals surface area contributed by atoms with Crippen LogP contribution in [0.5, 0.6) is 0 Å². The fourth-order valence-corrected chi connectivity index (χ4v) is 5.69. The summed E-state index contributed by atoms with van der Waals surface area (Å²) in [4.78, 5) is 5.17. The van der Waals surface area contributed by atoms with Gasteiger partial charge in [-0.1, -0.05) is 68.4 Å². The maximum atomic E-state index is 2.60. The lowest BCUT2D eigenvalue weighted by Crippen LogP contribution is -2.34. The van der Waals surface area contributed by atoms with Crippen LogP contribution in [0.2, 0.25) is 0 Å². The van der Waals surface area contributed by atoms with Crippen LogP contribution in [0.15, 0.2) is 78.1 Å². The molecule has 0 saturated heterocycles. The molecule has 0 radical (unpaired) electrons. The van der Waals surface area contributed by atoms with E-state index in [1.54, 1.807) is 0 Å². The summed E-state index contributed by atoms with van der Waals surface area (Å²) in [5.41, 5.74) is 12.2. The second kappa shape index (κ2) is 6.50. The Balaban J connectivity index is 1.84. The van der Waals surface area contributed by atoms with Crippen LogP contribution in [0.4, 0.5) is 11.4 Å². The van der Waals surface area contributed by atoms with E-state index in [9.17, 15) is 0 Å². The topological polar surface area (TPSA) is 6.48 Å². The van der Waals surface area contributed by atoms with Crippen LogP contribution in [0.3, 0.4) is 0 Å². The summed E-state index contributed by atoms with van der Waals surface area (Å²) >= 11 is 0. The van der Waals surface area contributed by atoms with Gasteiger partial charge in [0.25, 0.3) is 0 Å². The van der Waals surface area contributed by atoms with Gasteiger partial charge < -0.3 is 9.80 Å². The summed E-state index contributed by atoms with van der Waals surface area (Å²) in [6, 6.07) is 24.4. The van der Waals surface area contributed by atoms with Crippen molar-refractivity contribution in [1.82, 2.24) is 0 Å². The molecular formula is C28H30N2. The molecule has 3 aromatic rings. The van der Waals surface area contributed by atoms with Crippen molar-refractivity contribution < 1.29 is 0 Å². The van der Waals surface area contributed by atoms with E-state index >= 15 is 0 Å². The molecule has 2 heterocycles. The molecule has 152 valence electrons. The van der Waals surface area contributed by atoms with E-state index in [2.05, 4.69) is 118 Å². The summed E-state index contributed by atoms with van der Waals surface area (Å²) < 4.78 is 0. The van der Waals surface area contributed by atoms with Gasteiger partial charge in [-0.05, 0) is 62.1 Å². The monoisotopic (exact) mass is 394 g/mol. The Bertz CT molecular complexity index is 1160. The lowest BCUT2D eigenvalue weighted by atomic mass is 9.83. The molecule has 0 aliphatic carbocycles. The highest BCUT2D eigenvalue weighted by molar-refractivity contribution is 5.79. The lowest BCUT2D eigenvalue weighted by molar-refractivity contribution is 0.625. The molecule has 30 heavy (non-hydrogen) atoms. The lowest BCUT2D eigenvalue weighted by Gasteiger charge is -2.36. The molecule has 2 nitrogen and oxygen atoms in total. The Morgan fingerprint density at radius 1 is 0.633 bits per heavy atom. The number of rotatable bonds is 2. The molecule has 0 N–H and O–H groups in total. The third-order valence-electron chi connectivity index (χ3n) is 7.04. The zero-order valence-electron chi connectivity index (χ0n) is 18.8. The number of anilines is 2. The van der Waals surface area contributed by atoms with Gasteiger partial charge in [-0.2, -0.15) is 0 Å². The van der Waals surface area contributed by atoms with E-state index in [0.29, 0.717) is 0 Å². The van der Waals surface area contributed by atoms with Gasteiger partial charge in [0, 0.05) is 33.7 Å². The van der Waals surface area contributed by atoms with E-state index in [1.165, 1.54) is 50.6 Å². The minimum absolute atomic E-state index is 0.0348. The summed E-state index contributed by atoms with van der Waals surface area (Å²) in [7, 11) is 0. The number of para-hydroxylation sites is 2. The fraction of sp³-hybridized carbons (Fsp3) is 0.286. The summed E-state index contributed by atoms with van der Waals surface area (Å²) in [6.07, 6.45) is 0.116. The number of aryl methyl sites for hydroxylation is 3. The Kier molecular flexibility index (Phi) is 4.12. The number of fused-ring (bicyclic) bond motifs is 3. The second-order valence-corrected chi connectivity index (χ2v) is 9.28. The van der Waals surface area contributed by atoms with Crippen molar-refractivity contribution in [2.75, 3.05) is 9.80 Å². The first-order chi connectivity index (χ1) is 14.3. The van der Waals surface area contributed by atoms with Gasteiger partial charge >= 0.3 is 0 Å². The van der Waals surface area contributed by atoms with Gasteiger partial charge in [0.1, 0.15) is 6.17 Å². The van der Waals surface area contributed by atoms with Gasteiger partial charge in [0.15, 0.2) is 0 Å². The number of hydrogen-bond donors (Lipinski definition) is 0. The van der Waals surface area contributed by atoms with Crippen molar-refractivity contribution >= 4 is 11.4 Å². The summed E-state index contributed by atoms with van der Waals surface area (Å²) in [5.74, 6) is 0. The van der Waals surface area contributed by atoms with Crippen molar-refractivity contribution in [3.05, 3.63) is 106 Å². The molecular weight excluding hydrogens is 364 g/mol. The number of hydrogen-bond acceptors (Lipinski definition) is 2. The third-order valence-corrected chi connectivity index (χ3v) is 7.04. The predicted molar refractivity (Wildman–Crippen MR) is 127 cm³/mol. The van der Waals surface area contributed by atoms with Crippen LogP contribution in [0.1, 0.15) is 54.8 Å². The maximum absolute atomic E-state index is 2.60. The molecule has 0 saturated carbocycles. The van der Waals surface area contributed by atoms with Crippen LogP contribution >= 0.6 is 0 Å². The number of nitrogens with zero attached hydrogens (tertiary/aromatic N) is 2. The molecule has 0 bridgehead atoms. The van der Waals surface area contributed by atoms with Crippen molar-refractivity contribution in [2.24, 2.45) is 0 Å². The van der Waals surface area contributed by atoms with Crippen LogP contribution in [-0.2, 0) is 5.41 Å². The Labute approximate surface area is 180 Å². The molecule has 2 aliphatic heterocycles. The van der Waals surface area contributed by atoms with E-state index in [-0.39, 0.29) is 11.6 Å². The molecule has 1 atom stereocenters. The van der Waals surface area contributed by atoms with Crippen molar-refractivity contribution in [1.29, 1.82) is 0 Å². The minimum atomic E-state index is -0.0348. The molecule has 2 aliphatic rings. The molecule has 5 rings (SSSR count). The van der Waals surface area contributed by atoms with Gasteiger partial charge in [-0.3, -0.25) is 0 Å². The fourth-order valence-electron chi connectivity index (χ4n) is 5.69. The van der Waals surface area contributed by atoms with Gasteiger partial charge in [-0.25, -0.2) is 0 Å². The van der Waals surface area contributed by atoms with E-state index in [1.807, 2.05) is 0 Å². The van der Waals surface area contributed by atoms with Crippen LogP contribution in [0.25, 0.3) is 0 Å². The smallest absolute Gasteiger partial charge is 0.137 e. The molecule has 0 aromatic heterocycles. The molecule has 0 fully saturated rings. The Hall–Kier alpha value is -3.00. The largest absolute Gasteiger partial charge is 0.318 e. The highest BCUT2D eigenvalue weighted by atomic mass is 15.4. The first kappa shape index (κ1) is 19.0. The van der Waals surface area contributed by atoms with Gasteiger partial charge in [-0.15, -0.1) is 0 Å². The van der Waals surface area contributed by atoms with Crippen LogP contribution < -0.4 is 9.80 Å². The van der Waals surface area contributed by atoms with Gasteiger partial charge in [0.2, 0.25) is 0 Å². The van der Waals surface area contributed by atoms with E-state index in [0.717, 1.165) is 0 Å². The number of allylic oxidation sites excluding steroid dienone is 2. The summed E-state index contributed by atoms with van der Waals surface area (Å²) in [5, 5.41) is 0. The SMILES string of the molecule is CC1=C2N(c3ccccc3C2(C)C)C(c2c(C)cccc2C)N1c1ccccc1C. The number of benzene rings is 3. The van der Waals surface area contributed by atoms with Crippen molar-refractivity contribution in [3.63, 3.8) is 0 Å². The maximum Gasteiger partial charge on any atom is 0.137 e. The molecule has 1 unspecified atom stereocenters. The van der Waals surface area contributed by atoms with Crippen molar-refractivity contribution in [3.8, 4) is 0 Å². The molecule has 3 aromatic carbocycles.